The number of aryl methyl sites for hydroxylation is 1. The van der Waals surface area contributed by atoms with Gasteiger partial charge in [-0.05, 0) is 19.1 Å². The van der Waals surface area contributed by atoms with Gasteiger partial charge in [-0.15, -0.1) is 0 Å². The lowest BCUT2D eigenvalue weighted by atomic mass is 10.1. The molecule has 8 nitrogen and oxygen atoms in total. The summed E-state index contributed by atoms with van der Waals surface area (Å²) in [7, 11) is 0. The van der Waals surface area contributed by atoms with Crippen LogP contribution in [-0.4, -0.2) is 63.8 Å². The predicted octanol–water partition coefficient (Wildman–Crippen LogP) is 2.90. The fourth-order valence-corrected chi connectivity index (χ4v) is 4.15. The van der Waals surface area contributed by atoms with E-state index in [0.717, 1.165) is 40.7 Å². The highest BCUT2D eigenvalue weighted by molar-refractivity contribution is 7.99. The highest BCUT2D eigenvalue weighted by Gasteiger charge is 2.20. The Morgan fingerprint density at radius 3 is 2.65 bits per heavy atom. The Hall–Kier alpha value is -2.65. The van der Waals surface area contributed by atoms with E-state index in [1.54, 1.807) is 11.8 Å². The van der Waals surface area contributed by atoms with E-state index >= 15 is 0 Å². The van der Waals surface area contributed by atoms with Crippen LogP contribution in [0.15, 0.2) is 35.6 Å². The van der Waals surface area contributed by atoms with Crippen molar-refractivity contribution < 1.29 is 9.53 Å². The number of fused-ring (bicyclic) bond motifs is 1. The van der Waals surface area contributed by atoms with Crippen LogP contribution in [0.5, 0.6) is 0 Å². The van der Waals surface area contributed by atoms with Crippen molar-refractivity contribution >= 4 is 34.5 Å². The third-order valence-electron chi connectivity index (χ3n) is 5.03. The van der Waals surface area contributed by atoms with Crippen LogP contribution in [0.4, 0.5) is 5.82 Å². The van der Waals surface area contributed by atoms with Crippen molar-refractivity contribution in [2.24, 2.45) is 0 Å². The van der Waals surface area contributed by atoms with Gasteiger partial charge < -0.3 is 15.0 Å². The maximum absolute atomic E-state index is 12.4. The van der Waals surface area contributed by atoms with E-state index in [2.05, 4.69) is 29.2 Å². The second-order valence-corrected chi connectivity index (χ2v) is 9.37. The largest absolute Gasteiger partial charge is 0.378 e. The van der Waals surface area contributed by atoms with E-state index in [0.29, 0.717) is 37.1 Å². The number of amides is 1. The average molecular weight is 441 g/mol. The zero-order valence-corrected chi connectivity index (χ0v) is 19.0. The number of nitrogens with one attached hydrogen (secondary N) is 1. The van der Waals surface area contributed by atoms with Crippen molar-refractivity contribution in [2.75, 3.05) is 37.7 Å². The molecule has 4 rings (SSSR count). The van der Waals surface area contributed by atoms with Gasteiger partial charge in [-0.3, -0.25) is 4.79 Å². The number of ether oxygens (including phenoxy) is 1. The molecule has 2 aromatic heterocycles. The van der Waals surface area contributed by atoms with Gasteiger partial charge in [-0.2, -0.15) is 5.10 Å². The maximum atomic E-state index is 12.4. The number of morpholine rings is 1. The molecule has 1 saturated heterocycles. The van der Waals surface area contributed by atoms with Crippen molar-refractivity contribution in [3.8, 4) is 0 Å². The number of carbonyl (C=O) groups excluding carboxylic acids is 1. The molecule has 1 aliphatic rings. The van der Waals surface area contributed by atoms with Crippen molar-refractivity contribution in [1.82, 2.24) is 25.1 Å². The summed E-state index contributed by atoms with van der Waals surface area (Å²) in [4.78, 5) is 24.2. The Morgan fingerprint density at radius 2 is 1.94 bits per heavy atom. The molecule has 0 saturated carbocycles. The summed E-state index contributed by atoms with van der Waals surface area (Å²) >= 11 is 1.64. The van der Waals surface area contributed by atoms with E-state index in [4.69, 9.17) is 14.7 Å². The minimum Gasteiger partial charge on any atom is -0.378 e. The van der Waals surface area contributed by atoms with Gasteiger partial charge in [0.2, 0.25) is 0 Å². The molecule has 0 spiro atoms. The first kappa shape index (κ1) is 21.6. The molecule has 1 N–H and O–H groups in total. The Kier molecular flexibility index (Phi) is 6.72. The molecular formula is C22H28N6O2S. The fraction of sp³-hybridized carbons (Fsp3) is 0.455. The summed E-state index contributed by atoms with van der Waals surface area (Å²) < 4.78 is 7.35. The molecule has 1 aliphatic heterocycles. The molecule has 0 radical (unpaired) electrons. The van der Waals surface area contributed by atoms with Crippen LogP contribution in [0.2, 0.25) is 0 Å². The van der Waals surface area contributed by atoms with E-state index in [-0.39, 0.29) is 5.91 Å². The molecule has 0 bridgehead atoms. The first-order valence-corrected chi connectivity index (χ1v) is 11.5. The summed E-state index contributed by atoms with van der Waals surface area (Å²) in [5.74, 6) is 0.822. The van der Waals surface area contributed by atoms with Crippen LogP contribution in [-0.2, 0) is 11.3 Å². The highest BCUT2D eigenvalue weighted by atomic mass is 32.2. The molecule has 0 unspecified atom stereocenters. The quantitative estimate of drug-likeness (QED) is 0.447. The number of carbonyl (C=O) groups is 1. The molecule has 1 fully saturated rings. The molecule has 1 aromatic carbocycles. The molecule has 3 aromatic rings. The zero-order chi connectivity index (χ0) is 21.8. The molecule has 164 valence electrons. The standard InChI is InChI=1S/C22H28N6O2S/c1-15(2)31-22-25-19(27-10-12-30-13-11-27)18-14-24-28(20(18)26-22)9-8-23-21(29)17-6-4-16(3)5-7-17/h4-7,14-15H,8-13H2,1-3H3,(H,23,29). The minimum absolute atomic E-state index is 0.0869. The minimum atomic E-state index is -0.0869. The lowest BCUT2D eigenvalue weighted by Crippen LogP contribution is -2.37. The lowest BCUT2D eigenvalue weighted by molar-refractivity contribution is 0.0952. The van der Waals surface area contributed by atoms with E-state index in [9.17, 15) is 4.79 Å². The first-order valence-electron chi connectivity index (χ1n) is 10.6. The number of hydrogen-bond donors (Lipinski definition) is 1. The van der Waals surface area contributed by atoms with Crippen molar-refractivity contribution in [3.63, 3.8) is 0 Å². The Balaban J connectivity index is 1.53. The summed E-state index contributed by atoms with van der Waals surface area (Å²) in [6.07, 6.45) is 1.83. The number of aromatic nitrogens is 4. The van der Waals surface area contributed by atoms with Gasteiger partial charge in [0.25, 0.3) is 5.91 Å². The first-order chi connectivity index (χ1) is 15.0. The van der Waals surface area contributed by atoms with Gasteiger partial charge in [0, 0.05) is 30.4 Å². The number of benzene rings is 1. The van der Waals surface area contributed by atoms with Crippen LogP contribution >= 0.6 is 11.8 Å². The highest BCUT2D eigenvalue weighted by Crippen LogP contribution is 2.29. The monoisotopic (exact) mass is 440 g/mol. The van der Waals surface area contributed by atoms with Gasteiger partial charge in [0.15, 0.2) is 10.8 Å². The lowest BCUT2D eigenvalue weighted by Gasteiger charge is -2.28. The molecule has 1 amide bonds. The van der Waals surface area contributed by atoms with Crippen molar-refractivity contribution in [1.29, 1.82) is 0 Å². The number of nitrogens with zero attached hydrogens (tertiary/aromatic N) is 5. The third-order valence-corrected chi connectivity index (χ3v) is 5.90. The van der Waals surface area contributed by atoms with Gasteiger partial charge >= 0.3 is 0 Å². The zero-order valence-electron chi connectivity index (χ0n) is 18.2. The predicted molar refractivity (Wildman–Crippen MR) is 123 cm³/mol. The third kappa shape index (κ3) is 5.16. The summed E-state index contributed by atoms with van der Waals surface area (Å²) in [5, 5.41) is 9.57. The summed E-state index contributed by atoms with van der Waals surface area (Å²) in [6.45, 7) is 10.2. The van der Waals surface area contributed by atoms with E-state index in [1.165, 1.54) is 0 Å². The van der Waals surface area contributed by atoms with Crippen molar-refractivity contribution in [2.45, 2.75) is 37.7 Å². The summed E-state index contributed by atoms with van der Waals surface area (Å²) in [5.41, 5.74) is 2.58. The molecule has 31 heavy (non-hydrogen) atoms. The van der Waals surface area contributed by atoms with Crippen LogP contribution < -0.4 is 10.2 Å². The normalized spacial score (nSPS) is 14.4. The Bertz CT molecular complexity index is 1040. The molecule has 0 atom stereocenters. The number of hydrogen-bond acceptors (Lipinski definition) is 7. The van der Waals surface area contributed by atoms with Gasteiger partial charge in [0.05, 0.1) is 31.3 Å². The number of rotatable bonds is 7. The van der Waals surface area contributed by atoms with Crippen molar-refractivity contribution in [3.05, 3.63) is 41.6 Å². The molecule has 0 aliphatic carbocycles. The molecular weight excluding hydrogens is 412 g/mol. The van der Waals surface area contributed by atoms with Crippen LogP contribution in [0.25, 0.3) is 11.0 Å². The van der Waals surface area contributed by atoms with Crippen LogP contribution in [0.3, 0.4) is 0 Å². The van der Waals surface area contributed by atoms with Gasteiger partial charge in [-0.1, -0.05) is 43.3 Å². The van der Waals surface area contributed by atoms with Crippen LogP contribution in [0, 0.1) is 6.92 Å². The SMILES string of the molecule is Cc1ccc(C(=O)NCCn2ncc3c(N4CCOCC4)nc(SC(C)C)nc32)cc1. The second kappa shape index (κ2) is 9.65. The molecule has 9 heteroatoms. The van der Waals surface area contributed by atoms with E-state index < -0.39 is 0 Å². The maximum Gasteiger partial charge on any atom is 0.251 e. The van der Waals surface area contributed by atoms with Crippen LogP contribution in [0.1, 0.15) is 29.8 Å². The van der Waals surface area contributed by atoms with Gasteiger partial charge in [0.1, 0.15) is 5.82 Å². The summed E-state index contributed by atoms with van der Waals surface area (Å²) in [6, 6.07) is 7.55. The van der Waals surface area contributed by atoms with E-state index in [1.807, 2.05) is 42.1 Å². The smallest absolute Gasteiger partial charge is 0.251 e. The number of anilines is 1. The van der Waals surface area contributed by atoms with Gasteiger partial charge in [-0.25, -0.2) is 14.6 Å². The fourth-order valence-electron chi connectivity index (χ4n) is 3.45. The topological polar surface area (TPSA) is 85.2 Å². The average Bonchev–Trinajstić information content (AvgIpc) is 3.16. The Labute approximate surface area is 186 Å². The Morgan fingerprint density at radius 1 is 1.19 bits per heavy atom. The second-order valence-electron chi connectivity index (χ2n) is 7.82. The molecule has 3 heterocycles. The number of thioether (sulfide) groups is 1.